The average Bonchev–Trinajstić information content (AvgIpc) is 3.14. The van der Waals surface area contributed by atoms with E-state index in [1.54, 1.807) is 56.3 Å². The molecule has 1 amide bonds. The summed E-state index contributed by atoms with van der Waals surface area (Å²) in [5, 5.41) is 11.4. The molecule has 0 aliphatic carbocycles. The smallest absolute Gasteiger partial charge is 0.338 e. The Bertz CT molecular complexity index is 1370. The molecule has 36 heavy (non-hydrogen) atoms. The van der Waals surface area contributed by atoms with Crippen LogP contribution in [0.1, 0.15) is 41.5 Å². The summed E-state index contributed by atoms with van der Waals surface area (Å²) in [7, 11) is 1.46. The van der Waals surface area contributed by atoms with E-state index in [1.165, 1.54) is 36.4 Å². The molecule has 1 saturated heterocycles. The van der Waals surface area contributed by atoms with Crippen molar-refractivity contribution in [1.29, 1.82) is 0 Å². The van der Waals surface area contributed by atoms with Crippen molar-refractivity contribution in [2.45, 2.75) is 26.0 Å². The van der Waals surface area contributed by atoms with Crippen molar-refractivity contribution in [2.24, 2.45) is 0 Å². The van der Waals surface area contributed by atoms with Crippen LogP contribution in [-0.2, 0) is 14.3 Å². The van der Waals surface area contributed by atoms with E-state index in [4.69, 9.17) is 21.1 Å². The second-order valence-electron chi connectivity index (χ2n) is 8.28. The SMILES string of the molecule is COc1ccc(/C(O)=C2\C(=O)C(=O)N(c3cccc(C(=O)OC(C)C)c3)C2c2ccccn2)cc1Cl. The molecule has 2 aromatic carbocycles. The molecule has 1 aliphatic rings. The number of aliphatic hydroxyl groups is 1. The van der Waals surface area contributed by atoms with Crippen LogP contribution in [0.3, 0.4) is 0 Å². The third-order valence-electron chi connectivity index (χ3n) is 5.54. The van der Waals surface area contributed by atoms with Gasteiger partial charge in [0.1, 0.15) is 17.6 Å². The Morgan fingerprint density at radius 3 is 2.47 bits per heavy atom. The highest BCUT2D eigenvalue weighted by Crippen LogP contribution is 2.42. The number of benzene rings is 2. The van der Waals surface area contributed by atoms with E-state index in [0.717, 1.165) is 0 Å². The number of methoxy groups -OCH3 is 1. The average molecular weight is 507 g/mol. The van der Waals surface area contributed by atoms with Gasteiger partial charge in [0.2, 0.25) is 0 Å². The third kappa shape index (κ3) is 4.67. The predicted molar refractivity (Wildman–Crippen MR) is 134 cm³/mol. The van der Waals surface area contributed by atoms with Crippen LogP contribution in [0.5, 0.6) is 5.75 Å². The van der Waals surface area contributed by atoms with Gasteiger partial charge in [0.05, 0.1) is 35.1 Å². The van der Waals surface area contributed by atoms with E-state index < -0.39 is 29.5 Å². The van der Waals surface area contributed by atoms with E-state index in [9.17, 15) is 19.5 Å². The summed E-state index contributed by atoms with van der Waals surface area (Å²) in [6.45, 7) is 3.46. The number of ketones is 1. The topological polar surface area (TPSA) is 106 Å². The van der Waals surface area contributed by atoms with Crippen molar-refractivity contribution in [2.75, 3.05) is 12.0 Å². The molecule has 184 valence electrons. The zero-order valence-corrected chi connectivity index (χ0v) is 20.5. The summed E-state index contributed by atoms with van der Waals surface area (Å²) >= 11 is 6.23. The molecule has 0 saturated carbocycles. The number of amides is 1. The molecular weight excluding hydrogens is 484 g/mol. The number of pyridine rings is 1. The number of nitrogens with zero attached hydrogens (tertiary/aromatic N) is 2. The third-order valence-corrected chi connectivity index (χ3v) is 5.84. The van der Waals surface area contributed by atoms with Gasteiger partial charge in [-0.25, -0.2) is 4.79 Å². The first-order chi connectivity index (χ1) is 17.2. The Morgan fingerprint density at radius 1 is 1.06 bits per heavy atom. The number of anilines is 1. The molecule has 2 heterocycles. The van der Waals surface area contributed by atoms with Gasteiger partial charge in [-0.1, -0.05) is 23.7 Å². The van der Waals surface area contributed by atoms with E-state index in [0.29, 0.717) is 11.4 Å². The van der Waals surface area contributed by atoms with Gasteiger partial charge in [-0.2, -0.15) is 0 Å². The van der Waals surface area contributed by atoms with Gasteiger partial charge in [0.25, 0.3) is 11.7 Å². The van der Waals surface area contributed by atoms with Crippen molar-refractivity contribution in [3.8, 4) is 5.75 Å². The van der Waals surface area contributed by atoms with Crippen LogP contribution in [0.15, 0.2) is 72.4 Å². The molecule has 1 N–H and O–H groups in total. The number of carbonyl (C=O) groups excluding carboxylic acids is 3. The van der Waals surface area contributed by atoms with Crippen LogP contribution in [-0.4, -0.2) is 41.0 Å². The minimum Gasteiger partial charge on any atom is -0.507 e. The van der Waals surface area contributed by atoms with E-state index in [-0.39, 0.29) is 33.5 Å². The number of halogens is 1. The maximum atomic E-state index is 13.3. The van der Waals surface area contributed by atoms with E-state index in [2.05, 4.69) is 4.98 Å². The van der Waals surface area contributed by atoms with E-state index >= 15 is 0 Å². The number of ether oxygens (including phenoxy) is 2. The Balaban J connectivity index is 1.88. The number of carbonyl (C=O) groups is 3. The maximum Gasteiger partial charge on any atom is 0.338 e. The molecule has 4 rings (SSSR count). The molecule has 3 aromatic rings. The van der Waals surface area contributed by atoms with Crippen LogP contribution in [0.2, 0.25) is 5.02 Å². The van der Waals surface area contributed by atoms with Gasteiger partial charge < -0.3 is 14.6 Å². The second-order valence-corrected chi connectivity index (χ2v) is 8.68. The minimum absolute atomic E-state index is 0.157. The van der Waals surface area contributed by atoms with Crippen molar-refractivity contribution < 1.29 is 29.0 Å². The van der Waals surface area contributed by atoms with Gasteiger partial charge in [-0.15, -0.1) is 0 Å². The quantitative estimate of drug-likeness (QED) is 0.218. The van der Waals surface area contributed by atoms with Crippen LogP contribution in [0, 0.1) is 0 Å². The van der Waals surface area contributed by atoms with Gasteiger partial charge in [0, 0.05) is 17.4 Å². The van der Waals surface area contributed by atoms with Gasteiger partial charge in [-0.3, -0.25) is 19.5 Å². The van der Waals surface area contributed by atoms with Crippen molar-refractivity contribution >= 4 is 40.7 Å². The van der Waals surface area contributed by atoms with Crippen LogP contribution in [0.25, 0.3) is 5.76 Å². The fraction of sp³-hybridized carbons (Fsp3) is 0.185. The number of aliphatic hydroxyl groups excluding tert-OH is 1. The van der Waals surface area contributed by atoms with E-state index in [1.807, 2.05) is 0 Å². The lowest BCUT2D eigenvalue weighted by Gasteiger charge is -2.25. The highest BCUT2D eigenvalue weighted by atomic mass is 35.5. The molecular formula is C27H23ClN2O6. The van der Waals surface area contributed by atoms with Gasteiger partial charge in [0.15, 0.2) is 0 Å². The number of Topliss-reactive ketones (excluding diaryl/α,β-unsaturated/α-hetero) is 1. The lowest BCUT2D eigenvalue weighted by molar-refractivity contribution is -0.132. The van der Waals surface area contributed by atoms with Crippen molar-refractivity contribution in [1.82, 2.24) is 4.98 Å². The zero-order valence-electron chi connectivity index (χ0n) is 19.8. The molecule has 0 spiro atoms. The molecule has 8 nitrogen and oxygen atoms in total. The minimum atomic E-state index is -1.05. The second kappa shape index (κ2) is 10.2. The molecule has 1 atom stereocenters. The lowest BCUT2D eigenvalue weighted by Crippen LogP contribution is -2.30. The highest BCUT2D eigenvalue weighted by Gasteiger charge is 2.47. The Kier molecular flexibility index (Phi) is 7.07. The number of hydrogen-bond acceptors (Lipinski definition) is 7. The summed E-state index contributed by atoms with van der Waals surface area (Å²) in [5.41, 5.74) is 0.916. The summed E-state index contributed by atoms with van der Waals surface area (Å²) in [4.78, 5) is 44.6. The zero-order chi connectivity index (χ0) is 26.0. The maximum absolute atomic E-state index is 13.3. The molecule has 1 unspecified atom stereocenters. The number of hydrogen-bond donors (Lipinski definition) is 1. The summed E-state index contributed by atoms with van der Waals surface area (Å²) < 4.78 is 10.4. The molecule has 0 bridgehead atoms. The fourth-order valence-corrected chi connectivity index (χ4v) is 4.21. The van der Waals surface area contributed by atoms with Gasteiger partial charge >= 0.3 is 5.97 Å². The van der Waals surface area contributed by atoms with Crippen molar-refractivity contribution in [3.63, 3.8) is 0 Å². The Morgan fingerprint density at radius 2 is 1.83 bits per heavy atom. The largest absolute Gasteiger partial charge is 0.507 e. The predicted octanol–water partition coefficient (Wildman–Crippen LogP) is 4.94. The first kappa shape index (κ1) is 24.9. The monoisotopic (exact) mass is 506 g/mol. The summed E-state index contributed by atoms with van der Waals surface area (Å²) in [5.74, 6) is -2.36. The summed E-state index contributed by atoms with van der Waals surface area (Å²) in [6, 6.07) is 14.7. The van der Waals surface area contributed by atoms with Crippen molar-refractivity contribution in [3.05, 3.63) is 94.3 Å². The van der Waals surface area contributed by atoms with Crippen LogP contribution >= 0.6 is 11.6 Å². The number of esters is 1. The summed E-state index contributed by atoms with van der Waals surface area (Å²) in [6.07, 6.45) is 1.19. The number of rotatable bonds is 6. The van der Waals surface area contributed by atoms with Crippen LogP contribution < -0.4 is 9.64 Å². The first-order valence-electron chi connectivity index (χ1n) is 11.1. The molecule has 9 heteroatoms. The Labute approximate surface area is 212 Å². The standard InChI is InChI=1S/C27H23ClN2O6/c1-15(2)36-27(34)17-7-6-8-18(13-17)30-23(20-9-4-5-12-29-20)22(25(32)26(30)33)24(31)16-10-11-21(35-3)19(28)14-16/h4-15,23,31H,1-3H3/b24-22+. The molecule has 0 radical (unpaired) electrons. The molecule has 1 fully saturated rings. The fourth-order valence-electron chi connectivity index (χ4n) is 3.95. The normalized spacial score (nSPS) is 16.9. The van der Waals surface area contributed by atoms with Gasteiger partial charge in [-0.05, 0) is 62.4 Å². The Hall–Kier alpha value is -4.17. The number of aromatic nitrogens is 1. The molecule has 1 aromatic heterocycles. The highest BCUT2D eigenvalue weighted by molar-refractivity contribution is 6.51. The van der Waals surface area contributed by atoms with Crippen LogP contribution in [0.4, 0.5) is 5.69 Å². The lowest BCUT2D eigenvalue weighted by atomic mass is 9.98. The molecule has 1 aliphatic heterocycles. The first-order valence-corrected chi connectivity index (χ1v) is 11.5.